The van der Waals surface area contributed by atoms with E-state index in [1.165, 1.54) is 12.1 Å². The van der Waals surface area contributed by atoms with Crippen LogP contribution in [0, 0.1) is 12.7 Å². The molecule has 0 aliphatic carbocycles. The second kappa shape index (κ2) is 4.90. The lowest BCUT2D eigenvalue weighted by Crippen LogP contribution is -2.00. The summed E-state index contributed by atoms with van der Waals surface area (Å²) in [5, 5.41) is 0.760. The first-order valence-corrected chi connectivity index (χ1v) is 7.44. The largest absolute Gasteiger partial charge is 0.390 e. The van der Waals surface area contributed by atoms with Gasteiger partial charge in [-0.15, -0.1) is 11.3 Å². The molecule has 0 amide bonds. The lowest BCUT2D eigenvalue weighted by molar-refractivity contribution is 0.627. The number of anilines is 1. The summed E-state index contributed by atoms with van der Waals surface area (Å²) in [7, 11) is 0. The number of fused-ring (bicyclic) bond motifs is 1. The second-order valence-electron chi connectivity index (χ2n) is 4.86. The molecule has 0 fully saturated rings. The van der Waals surface area contributed by atoms with Gasteiger partial charge in [0, 0.05) is 11.4 Å². The minimum absolute atomic E-state index is 0.240. The average molecular weight is 289 g/mol. The van der Waals surface area contributed by atoms with Crippen LogP contribution in [0.5, 0.6) is 0 Å². The number of nitrogens with zero attached hydrogens (tertiary/aromatic N) is 2. The number of nitrogen functional groups attached to an aromatic ring is 1. The Kier molecular flexibility index (Phi) is 3.22. The quantitative estimate of drug-likeness (QED) is 0.785. The lowest BCUT2D eigenvalue weighted by Gasteiger charge is -2.07. The number of aryl methyl sites for hydroxylation is 2. The monoisotopic (exact) mass is 289 g/mol. The summed E-state index contributed by atoms with van der Waals surface area (Å²) in [4.78, 5) is 5.79. The van der Waals surface area contributed by atoms with Crippen LogP contribution in [-0.4, -0.2) is 9.55 Å². The van der Waals surface area contributed by atoms with E-state index >= 15 is 0 Å². The Balaban J connectivity index is 2.29. The Hall–Kier alpha value is -1.88. The highest BCUT2D eigenvalue weighted by Gasteiger charge is 2.16. The van der Waals surface area contributed by atoms with Crippen LogP contribution in [-0.2, 0) is 6.54 Å². The van der Waals surface area contributed by atoms with Crippen LogP contribution in [0.25, 0.3) is 22.4 Å². The van der Waals surface area contributed by atoms with Crippen molar-refractivity contribution in [2.45, 2.75) is 26.8 Å². The van der Waals surface area contributed by atoms with Gasteiger partial charge in [0.2, 0.25) is 0 Å². The predicted octanol–water partition coefficient (Wildman–Crippen LogP) is 4.20. The van der Waals surface area contributed by atoms with Crippen molar-refractivity contribution < 1.29 is 4.39 Å². The van der Waals surface area contributed by atoms with Gasteiger partial charge in [-0.25, -0.2) is 9.37 Å². The second-order valence-corrected chi connectivity index (χ2v) is 6.14. The zero-order valence-corrected chi connectivity index (χ0v) is 12.3. The van der Waals surface area contributed by atoms with E-state index in [1.54, 1.807) is 17.4 Å². The smallest absolute Gasteiger partial charge is 0.144 e. The molecule has 0 aliphatic rings. The number of aromatic nitrogens is 2. The topological polar surface area (TPSA) is 43.8 Å². The fraction of sp³-hybridized carbons (Fsp3) is 0.267. The molecule has 0 atom stereocenters. The van der Waals surface area contributed by atoms with Gasteiger partial charge in [-0.3, -0.25) is 0 Å². The first kappa shape index (κ1) is 13.1. The Morgan fingerprint density at radius 1 is 1.35 bits per heavy atom. The van der Waals surface area contributed by atoms with Crippen LogP contribution in [0.4, 0.5) is 9.39 Å². The number of benzene rings is 1. The molecule has 0 aliphatic heterocycles. The average Bonchev–Trinajstić information content (AvgIpc) is 2.91. The number of nitrogens with two attached hydrogens (primary N) is 1. The van der Waals surface area contributed by atoms with Gasteiger partial charge in [-0.1, -0.05) is 6.92 Å². The normalized spacial score (nSPS) is 11.3. The number of thiophene rings is 1. The third kappa shape index (κ3) is 2.08. The van der Waals surface area contributed by atoms with E-state index in [0.717, 1.165) is 45.3 Å². The minimum atomic E-state index is -0.240. The molecular weight excluding hydrogens is 273 g/mol. The first-order chi connectivity index (χ1) is 9.60. The molecule has 2 aromatic heterocycles. The molecule has 0 radical (unpaired) electrons. The Morgan fingerprint density at radius 2 is 2.15 bits per heavy atom. The highest BCUT2D eigenvalue weighted by atomic mass is 32.1. The molecule has 3 rings (SSSR count). The molecule has 0 saturated heterocycles. The van der Waals surface area contributed by atoms with E-state index in [2.05, 4.69) is 16.5 Å². The van der Waals surface area contributed by atoms with Crippen molar-refractivity contribution in [3.8, 4) is 11.4 Å². The molecule has 104 valence electrons. The summed E-state index contributed by atoms with van der Waals surface area (Å²) in [5.41, 5.74) is 8.65. The van der Waals surface area contributed by atoms with Crippen molar-refractivity contribution in [3.63, 3.8) is 0 Å². The number of rotatable bonds is 3. The third-order valence-corrected chi connectivity index (χ3v) is 4.16. The maximum atomic E-state index is 13.5. The molecule has 0 unspecified atom stereocenters. The highest BCUT2D eigenvalue weighted by Crippen LogP contribution is 2.35. The van der Waals surface area contributed by atoms with E-state index < -0.39 is 0 Å². The maximum Gasteiger partial charge on any atom is 0.144 e. The fourth-order valence-corrected chi connectivity index (χ4v) is 3.24. The molecule has 0 spiro atoms. The molecule has 5 heteroatoms. The van der Waals surface area contributed by atoms with Crippen LogP contribution >= 0.6 is 11.3 Å². The number of hydrogen-bond acceptors (Lipinski definition) is 3. The molecule has 3 nitrogen and oxygen atoms in total. The van der Waals surface area contributed by atoms with Crippen LogP contribution in [0.1, 0.15) is 18.2 Å². The van der Waals surface area contributed by atoms with Crippen LogP contribution in [0.15, 0.2) is 24.3 Å². The Labute approximate surface area is 120 Å². The SMILES string of the molecule is CCCn1c(-c2cc(C)sc2N)nc2ccc(F)cc21. The van der Waals surface area contributed by atoms with Crippen molar-refractivity contribution in [2.75, 3.05) is 5.73 Å². The van der Waals surface area contributed by atoms with Crippen molar-refractivity contribution in [2.24, 2.45) is 0 Å². The van der Waals surface area contributed by atoms with Crippen molar-refractivity contribution in [1.29, 1.82) is 0 Å². The van der Waals surface area contributed by atoms with Gasteiger partial charge in [0.1, 0.15) is 11.6 Å². The number of halogens is 1. The standard InChI is InChI=1S/C15H16FN3S/c1-3-6-19-13-8-10(16)4-5-12(13)18-15(19)11-7-9(2)20-14(11)17/h4-5,7-8H,3,6,17H2,1-2H3. The van der Waals surface area contributed by atoms with Gasteiger partial charge >= 0.3 is 0 Å². The molecular formula is C15H16FN3S. The molecule has 2 heterocycles. The fourth-order valence-electron chi connectivity index (χ4n) is 2.46. The zero-order chi connectivity index (χ0) is 14.3. The summed E-state index contributed by atoms with van der Waals surface area (Å²) in [6, 6.07) is 6.74. The van der Waals surface area contributed by atoms with Crippen LogP contribution < -0.4 is 5.73 Å². The van der Waals surface area contributed by atoms with Gasteiger partial charge in [0.15, 0.2) is 0 Å². The van der Waals surface area contributed by atoms with Crippen molar-refractivity contribution in [3.05, 3.63) is 35.0 Å². The number of hydrogen-bond donors (Lipinski definition) is 1. The molecule has 0 saturated carbocycles. The molecule has 2 N–H and O–H groups in total. The van der Waals surface area contributed by atoms with Gasteiger partial charge in [0.05, 0.1) is 21.6 Å². The highest BCUT2D eigenvalue weighted by molar-refractivity contribution is 7.16. The van der Waals surface area contributed by atoms with E-state index in [1.807, 2.05) is 13.0 Å². The summed E-state index contributed by atoms with van der Waals surface area (Å²) in [6.45, 7) is 4.91. The van der Waals surface area contributed by atoms with Gasteiger partial charge in [-0.05, 0) is 37.6 Å². The van der Waals surface area contributed by atoms with Crippen molar-refractivity contribution in [1.82, 2.24) is 9.55 Å². The van der Waals surface area contributed by atoms with E-state index in [0.29, 0.717) is 0 Å². The summed E-state index contributed by atoms with van der Waals surface area (Å²) < 4.78 is 15.5. The van der Waals surface area contributed by atoms with Crippen LogP contribution in [0.3, 0.4) is 0 Å². The summed E-state index contributed by atoms with van der Waals surface area (Å²) >= 11 is 1.55. The Morgan fingerprint density at radius 3 is 2.80 bits per heavy atom. The number of imidazole rings is 1. The third-order valence-electron chi connectivity index (χ3n) is 3.28. The van der Waals surface area contributed by atoms with Gasteiger partial charge in [-0.2, -0.15) is 0 Å². The maximum absolute atomic E-state index is 13.5. The molecule has 20 heavy (non-hydrogen) atoms. The van der Waals surface area contributed by atoms with Crippen LogP contribution in [0.2, 0.25) is 0 Å². The molecule has 0 bridgehead atoms. The van der Waals surface area contributed by atoms with Crippen molar-refractivity contribution >= 4 is 27.4 Å². The van der Waals surface area contributed by atoms with Gasteiger partial charge < -0.3 is 10.3 Å². The summed E-state index contributed by atoms with van der Waals surface area (Å²) in [5.74, 6) is 0.588. The molecule has 1 aromatic carbocycles. The van der Waals surface area contributed by atoms with E-state index in [9.17, 15) is 4.39 Å². The van der Waals surface area contributed by atoms with E-state index in [4.69, 9.17) is 5.73 Å². The zero-order valence-electron chi connectivity index (χ0n) is 11.5. The predicted molar refractivity (Wildman–Crippen MR) is 82.4 cm³/mol. The molecule has 3 aromatic rings. The summed E-state index contributed by atoms with van der Waals surface area (Å²) in [6.07, 6.45) is 0.956. The lowest BCUT2D eigenvalue weighted by atomic mass is 10.2. The Bertz CT molecular complexity index is 773. The van der Waals surface area contributed by atoms with Gasteiger partial charge in [0.25, 0.3) is 0 Å². The van der Waals surface area contributed by atoms with E-state index in [-0.39, 0.29) is 5.82 Å². The minimum Gasteiger partial charge on any atom is -0.390 e. The first-order valence-electron chi connectivity index (χ1n) is 6.62.